The van der Waals surface area contributed by atoms with Gasteiger partial charge in [-0.05, 0) is 12.5 Å². The molecule has 3 rings (SSSR count). The zero-order valence-electron chi connectivity index (χ0n) is 12.9. The Morgan fingerprint density at radius 2 is 2.00 bits per heavy atom. The van der Waals surface area contributed by atoms with E-state index in [1.165, 1.54) is 5.56 Å². The third kappa shape index (κ3) is 2.97. The van der Waals surface area contributed by atoms with E-state index in [2.05, 4.69) is 36.1 Å². The third-order valence-electron chi connectivity index (χ3n) is 4.82. The van der Waals surface area contributed by atoms with Crippen LogP contribution in [0.4, 0.5) is 0 Å². The lowest BCUT2D eigenvalue weighted by Crippen LogP contribution is -2.41. The number of benzene rings is 1. The standard InChI is InChI=1S/C17H24N2O2/c1-14(15-6-4-3-5-7-15)19-8-9-21-13-17(12-19)10-16(20)18(2)11-17/h3-7,14H,8-13H2,1-2H3/t14-,17+/m0/s1. The van der Waals surface area contributed by atoms with E-state index in [0.717, 1.165) is 26.2 Å². The Morgan fingerprint density at radius 3 is 2.67 bits per heavy atom. The molecule has 0 bridgehead atoms. The Balaban J connectivity index is 1.78. The summed E-state index contributed by atoms with van der Waals surface area (Å²) in [5, 5.41) is 0. The SMILES string of the molecule is C[C@@H](c1ccccc1)N1CCOC[C@@]2(CC(=O)N(C)C2)C1. The lowest BCUT2D eigenvalue weighted by Gasteiger charge is -2.34. The minimum absolute atomic E-state index is 0.0363. The van der Waals surface area contributed by atoms with Gasteiger partial charge in [-0.25, -0.2) is 0 Å². The van der Waals surface area contributed by atoms with E-state index < -0.39 is 0 Å². The largest absolute Gasteiger partial charge is 0.379 e. The van der Waals surface area contributed by atoms with Gasteiger partial charge in [-0.1, -0.05) is 30.3 Å². The average Bonchev–Trinajstić information content (AvgIpc) is 2.65. The predicted octanol–water partition coefficient (Wildman–Crippen LogP) is 1.93. The van der Waals surface area contributed by atoms with Crippen molar-refractivity contribution in [2.75, 3.05) is 39.9 Å². The van der Waals surface area contributed by atoms with Gasteiger partial charge in [0.1, 0.15) is 0 Å². The first-order valence-corrected chi connectivity index (χ1v) is 7.70. The Hall–Kier alpha value is -1.39. The smallest absolute Gasteiger partial charge is 0.223 e. The second-order valence-electron chi connectivity index (χ2n) is 6.54. The Morgan fingerprint density at radius 1 is 1.24 bits per heavy atom. The number of nitrogens with zero attached hydrogens (tertiary/aromatic N) is 2. The molecule has 0 aliphatic carbocycles. The number of hydrogen-bond donors (Lipinski definition) is 0. The molecule has 2 aliphatic rings. The summed E-state index contributed by atoms with van der Waals surface area (Å²) in [6.45, 7) is 6.35. The molecule has 2 heterocycles. The van der Waals surface area contributed by atoms with Gasteiger partial charge in [0.25, 0.3) is 0 Å². The fourth-order valence-corrected chi connectivity index (χ4v) is 3.60. The molecule has 2 saturated heterocycles. The lowest BCUT2D eigenvalue weighted by atomic mass is 9.86. The predicted molar refractivity (Wildman–Crippen MR) is 81.9 cm³/mol. The summed E-state index contributed by atoms with van der Waals surface area (Å²) < 4.78 is 5.82. The van der Waals surface area contributed by atoms with Gasteiger partial charge >= 0.3 is 0 Å². The van der Waals surface area contributed by atoms with Crippen LogP contribution in [-0.2, 0) is 9.53 Å². The van der Waals surface area contributed by atoms with Crippen molar-refractivity contribution < 1.29 is 9.53 Å². The van der Waals surface area contributed by atoms with E-state index in [1.54, 1.807) is 0 Å². The normalized spacial score (nSPS) is 28.9. The molecular weight excluding hydrogens is 264 g/mol. The monoisotopic (exact) mass is 288 g/mol. The van der Waals surface area contributed by atoms with Crippen LogP contribution < -0.4 is 0 Å². The van der Waals surface area contributed by atoms with Gasteiger partial charge in [0, 0.05) is 44.6 Å². The Bertz CT molecular complexity index is 505. The highest BCUT2D eigenvalue weighted by Crippen LogP contribution is 2.36. The quantitative estimate of drug-likeness (QED) is 0.833. The van der Waals surface area contributed by atoms with E-state index in [-0.39, 0.29) is 11.3 Å². The van der Waals surface area contributed by atoms with Crippen LogP contribution in [0.3, 0.4) is 0 Å². The molecule has 2 aliphatic heterocycles. The molecule has 0 aromatic heterocycles. The number of amides is 1. The van der Waals surface area contributed by atoms with Gasteiger partial charge in [0.15, 0.2) is 0 Å². The van der Waals surface area contributed by atoms with Gasteiger partial charge in [0.05, 0.1) is 13.2 Å². The van der Waals surface area contributed by atoms with Crippen molar-refractivity contribution in [3.05, 3.63) is 35.9 Å². The highest BCUT2D eigenvalue weighted by molar-refractivity contribution is 5.79. The fourth-order valence-electron chi connectivity index (χ4n) is 3.60. The van der Waals surface area contributed by atoms with Crippen LogP contribution in [0, 0.1) is 5.41 Å². The lowest BCUT2D eigenvalue weighted by molar-refractivity contribution is -0.126. The van der Waals surface area contributed by atoms with Crippen molar-refractivity contribution in [3.63, 3.8) is 0 Å². The fraction of sp³-hybridized carbons (Fsp3) is 0.588. The van der Waals surface area contributed by atoms with Gasteiger partial charge in [-0.3, -0.25) is 9.69 Å². The molecule has 1 amide bonds. The van der Waals surface area contributed by atoms with Crippen LogP contribution in [0.25, 0.3) is 0 Å². The molecule has 0 saturated carbocycles. The van der Waals surface area contributed by atoms with Crippen LogP contribution in [0.15, 0.2) is 30.3 Å². The second kappa shape index (κ2) is 5.78. The first-order valence-electron chi connectivity index (χ1n) is 7.70. The molecule has 1 spiro atoms. The molecule has 0 radical (unpaired) electrons. The van der Waals surface area contributed by atoms with Crippen molar-refractivity contribution in [2.24, 2.45) is 5.41 Å². The Labute approximate surface area is 126 Å². The second-order valence-corrected chi connectivity index (χ2v) is 6.54. The minimum atomic E-state index is -0.0363. The summed E-state index contributed by atoms with van der Waals surface area (Å²) in [5.74, 6) is 0.243. The molecule has 0 N–H and O–H groups in total. The maximum atomic E-state index is 12.0. The van der Waals surface area contributed by atoms with Crippen molar-refractivity contribution in [3.8, 4) is 0 Å². The van der Waals surface area contributed by atoms with Gasteiger partial charge in [-0.15, -0.1) is 0 Å². The van der Waals surface area contributed by atoms with Crippen molar-refractivity contribution >= 4 is 5.91 Å². The van der Waals surface area contributed by atoms with Crippen LogP contribution in [-0.4, -0.2) is 55.6 Å². The average molecular weight is 288 g/mol. The topological polar surface area (TPSA) is 32.8 Å². The van der Waals surface area contributed by atoms with Crippen LogP contribution >= 0.6 is 0 Å². The van der Waals surface area contributed by atoms with Gasteiger partial charge < -0.3 is 9.64 Å². The minimum Gasteiger partial charge on any atom is -0.379 e. The number of hydrogen-bond acceptors (Lipinski definition) is 3. The summed E-state index contributed by atoms with van der Waals surface area (Å²) in [7, 11) is 1.90. The zero-order valence-corrected chi connectivity index (χ0v) is 12.9. The Kier molecular flexibility index (Phi) is 4.00. The first-order chi connectivity index (χ1) is 10.1. The summed E-state index contributed by atoms with van der Waals surface area (Å²) in [6.07, 6.45) is 0.613. The maximum absolute atomic E-state index is 12.0. The van der Waals surface area contributed by atoms with Gasteiger partial charge in [0.2, 0.25) is 5.91 Å². The molecule has 4 heteroatoms. The van der Waals surface area contributed by atoms with Crippen LogP contribution in [0.2, 0.25) is 0 Å². The molecule has 0 unspecified atom stereocenters. The van der Waals surface area contributed by atoms with Crippen molar-refractivity contribution in [1.29, 1.82) is 0 Å². The van der Waals surface area contributed by atoms with E-state index in [1.807, 2.05) is 18.0 Å². The van der Waals surface area contributed by atoms with Crippen LogP contribution in [0.5, 0.6) is 0 Å². The van der Waals surface area contributed by atoms with Gasteiger partial charge in [-0.2, -0.15) is 0 Å². The zero-order chi connectivity index (χ0) is 14.9. The van der Waals surface area contributed by atoms with E-state index in [4.69, 9.17) is 4.74 Å². The number of carbonyl (C=O) groups is 1. The highest BCUT2D eigenvalue weighted by Gasteiger charge is 2.44. The summed E-state index contributed by atoms with van der Waals surface area (Å²) in [5.41, 5.74) is 1.29. The van der Waals surface area contributed by atoms with Crippen molar-refractivity contribution in [1.82, 2.24) is 9.80 Å². The molecule has 114 valence electrons. The summed E-state index contributed by atoms with van der Waals surface area (Å²) in [4.78, 5) is 16.3. The number of ether oxygens (including phenoxy) is 1. The molecule has 1 aromatic carbocycles. The van der Waals surface area contributed by atoms with E-state index in [0.29, 0.717) is 19.1 Å². The number of carbonyl (C=O) groups excluding carboxylic acids is 1. The summed E-state index contributed by atoms with van der Waals surface area (Å²) >= 11 is 0. The third-order valence-corrected chi connectivity index (χ3v) is 4.82. The first kappa shape index (κ1) is 14.5. The molecule has 21 heavy (non-hydrogen) atoms. The number of rotatable bonds is 2. The maximum Gasteiger partial charge on any atom is 0.223 e. The highest BCUT2D eigenvalue weighted by atomic mass is 16.5. The van der Waals surface area contributed by atoms with E-state index in [9.17, 15) is 4.79 Å². The number of likely N-dealkylation sites (tertiary alicyclic amines) is 1. The summed E-state index contributed by atoms with van der Waals surface area (Å²) in [6, 6.07) is 10.9. The molecule has 1 aromatic rings. The van der Waals surface area contributed by atoms with Crippen LogP contribution in [0.1, 0.15) is 24.9 Å². The molecule has 4 nitrogen and oxygen atoms in total. The van der Waals surface area contributed by atoms with E-state index >= 15 is 0 Å². The molecule has 2 atom stereocenters. The molecule has 2 fully saturated rings. The molecular formula is C17H24N2O2. The van der Waals surface area contributed by atoms with Crippen molar-refractivity contribution in [2.45, 2.75) is 19.4 Å².